The molecule has 0 aliphatic heterocycles. The molecular weight excluding hydrogens is 359 g/mol. The van der Waals surface area contributed by atoms with Crippen LogP contribution in [-0.4, -0.2) is 27.0 Å². The predicted molar refractivity (Wildman–Crippen MR) is 97.0 cm³/mol. The first-order valence-corrected chi connectivity index (χ1v) is 9.59. The second kappa shape index (κ2) is 8.66. The first kappa shape index (κ1) is 19.7. The van der Waals surface area contributed by atoms with Crippen LogP contribution in [0, 0.1) is 5.82 Å². The number of carbonyl (C=O) groups is 1. The van der Waals surface area contributed by atoms with E-state index in [0.29, 0.717) is 5.75 Å². The summed E-state index contributed by atoms with van der Waals surface area (Å²) in [7, 11) is -3.80. The minimum absolute atomic E-state index is 0.0261. The van der Waals surface area contributed by atoms with Crippen molar-refractivity contribution in [2.45, 2.75) is 31.2 Å². The van der Waals surface area contributed by atoms with Gasteiger partial charge in [-0.3, -0.25) is 9.52 Å². The number of amides is 1. The van der Waals surface area contributed by atoms with Crippen LogP contribution in [0.25, 0.3) is 0 Å². The van der Waals surface area contributed by atoms with Gasteiger partial charge in [-0.25, -0.2) is 12.8 Å². The van der Waals surface area contributed by atoms with Crippen molar-refractivity contribution in [2.75, 3.05) is 11.3 Å². The summed E-state index contributed by atoms with van der Waals surface area (Å²) in [4.78, 5) is 11.7. The first-order valence-electron chi connectivity index (χ1n) is 8.11. The smallest absolute Gasteiger partial charge is 0.261 e. The molecule has 0 radical (unpaired) electrons. The van der Waals surface area contributed by atoms with Crippen molar-refractivity contribution in [3.05, 3.63) is 54.3 Å². The van der Waals surface area contributed by atoms with E-state index in [9.17, 15) is 17.6 Å². The first-order chi connectivity index (χ1) is 12.3. The quantitative estimate of drug-likeness (QED) is 0.737. The molecule has 0 bridgehead atoms. The van der Waals surface area contributed by atoms with Gasteiger partial charge < -0.3 is 10.1 Å². The Morgan fingerprint density at radius 1 is 1.12 bits per heavy atom. The van der Waals surface area contributed by atoms with Crippen LogP contribution in [0.3, 0.4) is 0 Å². The number of rotatable bonds is 8. The van der Waals surface area contributed by atoms with Crippen LogP contribution in [0.1, 0.15) is 20.3 Å². The molecule has 1 atom stereocenters. The molecule has 140 valence electrons. The number of benzene rings is 2. The van der Waals surface area contributed by atoms with Crippen molar-refractivity contribution in [3.8, 4) is 5.75 Å². The molecule has 8 heteroatoms. The summed E-state index contributed by atoms with van der Waals surface area (Å²) >= 11 is 0. The highest BCUT2D eigenvalue weighted by molar-refractivity contribution is 7.92. The molecule has 0 aliphatic rings. The lowest BCUT2D eigenvalue weighted by Gasteiger charge is -2.12. The van der Waals surface area contributed by atoms with E-state index in [4.69, 9.17) is 4.74 Å². The third-order valence-corrected chi connectivity index (χ3v) is 5.02. The number of nitrogens with one attached hydrogen (secondary N) is 2. The molecule has 2 aromatic rings. The van der Waals surface area contributed by atoms with Crippen molar-refractivity contribution in [3.63, 3.8) is 0 Å². The molecule has 2 aromatic carbocycles. The lowest BCUT2D eigenvalue weighted by molar-refractivity contribution is -0.123. The summed E-state index contributed by atoms with van der Waals surface area (Å²) in [6.07, 6.45) is 0.819. The van der Waals surface area contributed by atoms with Gasteiger partial charge in [0.25, 0.3) is 15.9 Å². The topological polar surface area (TPSA) is 84.5 Å². The lowest BCUT2D eigenvalue weighted by Crippen LogP contribution is -2.35. The zero-order chi connectivity index (χ0) is 19.2. The zero-order valence-electron chi connectivity index (χ0n) is 14.5. The van der Waals surface area contributed by atoms with Crippen LogP contribution in [0.2, 0.25) is 0 Å². The normalized spacial score (nSPS) is 12.3. The molecule has 0 saturated heterocycles. The fourth-order valence-corrected chi connectivity index (χ4v) is 3.07. The van der Waals surface area contributed by atoms with Gasteiger partial charge in [-0.2, -0.15) is 0 Å². The van der Waals surface area contributed by atoms with Gasteiger partial charge in [0, 0.05) is 11.7 Å². The van der Waals surface area contributed by atoms with Gasteiger partial charge in [-0.1, -0.05) is 6.92 Å². The summed E-state index contributed by atoms with van der Waals surface area (Å²) < 4.78 is 45.2. The molecule has 0 unspecified atom stereocenters. The van der Waals surface area contributed by atoms with Crippen molar-refractivity contribution in [2.24, 2.45) is 0 Å². The Balaban J connectivity index is 1.97. The van der Waals surface area contributed by atoms with Gasteiger partial charge in [-0.05, 0) is 61.9 Å². The maximum absolute atomic E-state index is 12.9. The van der Waals surface area contributed by atoms with E-state index in [2.05, 4.69) is 10.0 Å². The average Bonchev–Trinajstić information content (AvgIpc) is 2.62. The van der Waals surface area contributed by atoms with E-state index in [1.54, 1.807) is 0 Å². The number of ether oxygens (including phenoxy) is 1. The minimum atomic E-state index is -3.80. The second-order valence-corrected chi connectivity index (χ2v) is 7.43. The number of halogens is 1. The number of sulfonamides is 1. The molecule has 26 heavy (non-hydrogen) atoms. The fraction of sp³-hybridized carbons (Fsp3) is 0.278. The molecule has 0 aliphatic carbocycles. The molecule has 0 saturated carbocycles. The zero-order valence-corrected chi connectivity index (χ0v) is 15.3. The average molecular weight is 380 g/mol. The molecule has 0 heterocycles. The van der Waals surface area contributed by atoms with E-state index in [1.165, 1.54) is 48.5 Å². The molecule has 0 fully saturated rings. The van der Waals surface area contributed by atoms with Crippen LogP contribution in [0.15, 0.2) is 53.4 Å². The van der Waals surface area contributed by atoms with Gasteiger partial charge in [0.15, 0.2) is 6.61 Å². The number of hydrogen-bond acceptors (Lipinski definition) is 4. The van der Waals surface area contributed by atoms with Crippen LogP contribution in [-0.2, 0) is 14.8 Å². The van der Waals surface area contributed by atoms with E-state index < -0.39 is 15.8 Å². The third-order valence-electron chi connectivity index (χ3n) is 3.62. The van der Waals surface area contributed by atoms with Crippen molar-refractivity contribution in [1.29, 1.82) is 0 Å². The SMILES string of the molecule is CC[C@@H](C)NC(=O)COc1ccc(S(=O)(=O)Nc2ccc(F)cc2)cc1. The Bertz CT molecular complexity index is 836. The van der Waals surface area contributed by atoms with Crippen LogP contribution in [0.4, 0.5) is 10.1 Å². The van der Waals surface area contributed by atoms with E-state index in [-0.39, 0.29) is 29.1 Å². The number of anilines is 1. The monoisotopic (exact) mass is 380 g/mol. The highest BCUT2D eigenvalue weighted by atomic mass is 32.2. The Kier molecular flexibility index (Phi) is 6.57. The highest BCUT2D eigenvalue weighted by Gasteiger charge is 2.14. The summed E-state index contributed by atoms with van der Waals surface area (Å²) in [5, 5.41) is 2.77. The molecule has 2 N–H and O–H groups in total. The Labute approximate surface area is 152 Å². The molecular formula is C18H21FN2O4S. The van der Waals surface area contributed by atoms with Crippen molar-refractivity contribution < 1.29 is 22.3 Å². The lowest BCUT2D eigenvalue weighted by atomic mass is 10.2. The molecule has 0 aromatic heterocycles. The summed E-state index contributed by atoms with van der Waals surface area (Å²) in [5.74, 6) is -0.314. The predicted octanol–water partition coefficient (Wildman–Crippen LogP) is 2.92. The molecule has 6 nitrogen and oxygen atoms in total. The fourth-order valence-electron chi connectivity index (χ4n) is 2.01. The Hall–Kier alpha value is -2.61. The van der Waals surface area contributed by atoms with Crippen LogP contribution in [0.5, 0.6) is 5.75 Å². The summed E-state index contributed by atoms with van der Waals surface area (Å²) in [6, 6.07) is 10.7. The second-order valence-electron chi connectivity index (χ2n) is 5.75. The largest absolute Gasteiger partial charge is 0.484 e. The number of carbonyl (C=O) groups excluding carboxylic acids is 1. The van der Waals surface area contributed by atoms with Gasteiger partial charge >= 0.3 is 0 Å². The van der Waals surface area contributed by atoms with Crippen molar-refractivity contribution in [1.82, 2.24) is 5.32 Å². The minimum Gasteiger partial charge on any atom is -0.484 e. The van der Waals surface area contributed by atoms with Gasteiger partial charge in [0.2, 0.25) is 0 Å². The molecule has 1 amide bonds. The maximum Gasteiger partial charge on any atom is 0.261 e. The Morgan fingerprint density at radius 3 is 2.31 bits per heavy atom. The summed E-state index contributed by atoms with van der Waals surface area (Å²) in [6.45, 7) is 3.71. The third kappa shape index (κ3) is 5.73. The van der Waals surface area contributed by atoms with E-state index >= 15 is 0 Å². The highest BCUT2D eigenvalue weighted by Crippen LogP contribution is 2.19. The standard InChI is InChI=1S/C18H21FN2O4S/c1-3-13(2)20-18(22)12-25-16-8-10-17(11-9-16)26(23,24)21-15-6-4-14(19)5-7-15/h4-11,13,21H,3,12H2,1-2H3,(H,20,22)/t13-/m1/s1. The van der Waals surface area contributed by atoms with E-state index in [0.717, 1.165) is 6.42 Å². The number of hydrogen-bond donors (Lipinski definition) is 2. The molecule has 2 rings (SSSR count). The maximum atomic E-state index is 12.9. The van der Waals surface area contributed by atoms with Crippen LogP contribution >= 0.6 is 0 Å². The van der Waals surface area contributed by atoms with Gasteiger partial charge in [0.1, 0.15) is 11.6 Å². The van der Waals surface area contributed by atoms with Gasteiger partial charge in [0.05, 0.1) is 4.90 Å². The van der Waals surface area contributed by atoms with E-state index in [1.807, 2.05) is 13.8 Å². The molecule has 0 spiro atoms. The Morgan fingerprint density at radius 2 is 1.73 bits per heavy atom. The van der Waals surface area contributed by atoms with Gasteiger partial charge in [-0.15, -0.1) is 0 Å². The summed E-state index contributed by atoms with van der Waals surface area (Å²) in [5.41, 5.74) is 0.258. The van der Waals surface area contributed by atoms with Crippen molar-refractivity contribution >= 4 is 21.6 Å². The van der Waals surface area contributed by atoms with Crippen LogP contribution < -0.4 is 14.8 Å².